The summed E-state index contributed by atoms with van der Waals surface area (Å²) in [6.45, 7) is 0. The maximum Gasteiger partial charge on any atom is 0.335 e. The molecular formula is C12H7N3O3. The van der Waals surface area contributed by atoms with E-state index in [4.69, 9.17) is 5.11 Å². The zero-order chi connectivity index (χ0) is 12.7. The summed E-state index contributed by atoms with van der Waals surface area (Å²) >= 11 is 0. The van der Waals surface area contributed by atoms with Crippen molar-refractivity contribution in [2.24, 2.45) is 4.99 Å². The summed E-state index contributed by atoms with van der Waals surface area (Å²) in [7, 11) is 0. The molecule has 3 rings (SSSR count). The number of carbonyl (C=O) groups is 2. The highest BCUT2D eigenvalue weighted by Gasteiger charge is 2.13. The van der Waals surface area contributed by atoms with Gasteiger partial charge in [-0.25, -0.2) is 14.8 Å². The van der Waals surface area contributed by atoms with Crippen LogP contribution in [0.25, 0.3) is 16.7 Å². The minimum atomic E-state index is -1.00. The lowest BCUT2D eigenvalue weighted by atomic mass is 10.2. The number of aromatic nitrogens is 2. The largest absolute Gasteiger partial charge is 0.478 e. The van der Waals surface area contributed by atoms with Crippen molar-refractivity contribution in [3.8, 4) is 0 Å². The molecule has 1 aromatic heterocycles. The zero-order valence-corrected chi connectivity index (χ0v) is 9.07. The SMILES string of the molecule is O=C1C=C(n2cnc3ccc(C(=O)O)cc32)C=N1. The van der Waals surface area contributed by atoms with Gasteiger partial charge < -0.3 is 5.11 Å². The van der Waals surface area contributed by atoms with Gasteiger partial charge in [0.15, 0.2) is 0 Å². The normalized spacial score (nSPS) is 14.2. The van der Waals surface area contributed by atoms with Crippen LogP contribution in [0.4, 0.5) is 0 Å². The molecule has 0 atom stereocenters. The van der Waals surface area contributed by atoms with Crippen LogP contribution < -0.4 is 0 Å². The van der Waals surface area contributed by atoms with E-state index in [0.29, 0.717) is 16.7 Å². The van der Waals surface area contributed by atoms with Gasteiger partial charge >= 0.3 is 5.97 Å². The fraction of sp³-hybridized carbons (Fsp3) is 0. The van der Waals surface area contributed by atoms with E-state index in [0.717, 1.165) is 0 Å². The number of hydrogen-bond donors (Lipinski definition) is 1. The number of imidazole rings is 1. The summed E-state index contributed by atoms with van der Waals surface area (Å²) in [5, 5.41) is 8.96. The van der Waals surface area contributed by atoms with E-state index in [-0.39, 0.29) is 11.5 Å². The van der Waals surface area contributed by atoms with Crippen molar-refractivity contribution in [3.63, 3.8) is 0 Å². The minimum Gasteiger partial charge on any atom is -0.478 e. The predicted molar refractivity (Wildman–Crippen MR) is 64.5 cm³/mol. The van der Waals surface area contributed by atoms with Crippen molar-refractivity contribution in [3.05, 3.63) is 36.2 Å². The number of rotatable bonds is 2. The number of allylic oxidation sites excluding steroid dienone is 1. The lowest BCUT2D eigenvalue weighted by molar-refractivity contribution is -0.113. The van der Waals surface area contributed by atoms with Gasteiger partial charge in [0.2, 0.25) is 0 Å². The van der Waals surface area contributed by atoms with Crippen LogP contribution in [0.3, 0.4) is 0 Å². The molecule has 88 valence electrons. The summed E-state index contributed by atoms with van der Waals surface area (Å²) in [4.78, 5) is 29.7. The number of nitrogens with zero attached hydrogens (tertiary/aromatic N) is 3. The first-order chi connectivity index (χ1) is 8.65. The third kappa shape index (κ3) is 1.51. The van der Waals surface area contributed by atoms with E-state index < -0.39 is 5.97 Å². The van der Waals surface area contributed by atoms with E-state index >= 15 is 0 Å². The third-order valence-corrected chi connectivity index (χ3v) is 2.67. The van der Waals surface area contributed by atoms with Crippen molar-refractivity contribution in [1.29, 1.82) is 0 Å². The summed E-state index contributed by atoms with van der Waals surface area (Å²) in [6, 6.07) is 4.64. The average molecular weight is 241 g/mol. The maximum absolute atomic E-state index is 11.1. The number of carboxylic acids is 1. The second-order valence-corrected chi connectivity index (χ2v) is 3.79. The van der Waals surface area contributed by atoms with Crippen LogP contribution in [-0.4, -0.2) is 32.7 Å². The molecule has 1 aromatic carbocycles. The fourth-order valence-electron chi connectivity index (χ4n) is 1.81. The van der Waals surface area contributed by atoms with E-state index in [1.807, 2.05) is 0 Å². The number of carbonyl (C=O) groups excluding carboxylic acids is 1. The molecule has 0 radical (unpaired) electrons. The lowest BCUT2D eigenvalue weighted by Gasteiger charge is -2.02. The Morgan fingerprint density at radius 2 is 2.17 bits per heavy atom. The standard InChI is InChI=1S/C12H7N3O3/c16-11-4-8(5-13-11)15-6-14-9-2-1-7(12(17)18)3-10(9)15/h1-6H,(H,17,18). The van der Waals surface area contributed by atoms with Crippen LogP contribution in [0.1, 0.15) is 10.4 Å². The first-order valence-electron chi connectivity index (χ1n) is 5.15. The lowest BCUT2D eigenvalue weighted by Crippen LogP contribution is -1.98. The number of aliphatic imine (C=N–C) groups is 1. The van der Waals surface area contributed by atoms with Crippen LogP contribution in [0.5, 0.6) is 0 Å². The Balaban J connectivity index is 2.21. The molecule has 0 bridgehead atoms. The number of hydrogen-bond acceptors (Lipinski definition) is 3. The molecule has 0 fully saturated rings. The second-order valence-electron chi connectivity index (χ2n) is 3.79. The van der Waals surface area contributed by atoms with Gasteiger partial charge in [0.25, 0.3) is 5.91 Å². The molecule has 18 heavy (non-hydrogen) atoms. The molecule has 0 unspecified atom stereocenters. The number of carboxylic acid groups (broad SMARTS) is 1. The molecule has 0 spiro atoms. The number of benzene rings is 1. The Morgan fingerprint density at radius 1 is 1.33 bits per heavy atom. The molecular weight excluding hydrogens is 234 g/mol. The third-order valence-electron chi connectivity index (χ3n) is 2.67. The zero-order valence-electron chi connectivity index (χ0n) is 9.07. The van der Waals surface area contributed by atoms with Crippen LogP contribution in [-0.2, 0) is 4.79 Å². The first-order valence-corrected chi connectivity index (χ1v) is 5.15. The second kappa shape index (κ2) is 3.63. The minimum absolute atomic E-state index is 0.172. The molecule has 2 aromatic rings. The van der Waals surface area contributed by atoms with Gasteiger partial charge in [-0.15, -0.1) is 0 Å². The van der Waals surface area contributed by atoms with Crippen molar-refractivity contribution >= 4 is 34.8 Å². The van der Waals surface area contributed by atoms with E-state index in [2.05, 4.69) is 9.98 Å². The summed E-state index contributed by atoms with van der Waals surface area (Å²) in [5.41, 5.74) is 2.03. The van der Waals surface area contributed by atoms with E-state index in [1.165, 1.54) is 30.8 Å². The quantitative estimate of drug-likeness (QED) is 0.855. The van der Waals surface area contributed by atoms with Gasteiger partial charge in [-0.05, 0) is 18.2 Å². The van der Waals surface area contributed by atoms with Crippen LogP contribution in [0.2, 0.25) is 0 Å². The molecule has 0 aliphatic carbocycles. The Morgan fingerprint density at radius 3 is 2.83 bits per heavy atom. The Bertz CT molecular complexity index is 740. The van der Waals surface area contributed by atoms with E-state index in [9.17, 15) is 9.59 Å². The van der Waals surface area contributed by atoms with Crippen molar-refractivity contribution in [2.45, 2.75) is 0 Å². The van der Waals surface area contributed by atoms with E-state index in [1.54, 1.807) is 10.6 Å². The summed E-state index contributed by atoms with van der Waals surface area (Å²) in [6.07, 6.45) is 4.33. The molecule has 1 aliphatic heterocycles. The molecule has 2 heterocycles. The Kier molecular flexibility index (Phi) is 2.09. The van der Waals surface area contributed by atoms with Crippen molar-refractivity contribution in [1.82, 2.24) is 9.55 Å². The van der Waals surface area contributed by atoms with Gasteiger partial charge in [-0.2, -0.15) is 0 Å². The van der Waals surface area contributed by atoms with Crippen molar-refractivity contribution < 1.29 is 14.7 Å². The molecule has 1 aliphatic rings. The molecule has 6 heteroatoms. The smallest absolute Gasteiger partial charge is 0.335 e. The van der Waals surface area contributed by atoms with Gasteiger partial charge in [0.1, 0.15) is 6.33 Å². The molecule has 1 amide bonds. The highest BCUT2D eigenvalue weighted by atomic mass is 16.4. The number of amides is 1. The van der Waals surface area contributed by atoms with Crippen LogP contribution >= 0.6 is 0 Å². The first kappa shape index (κ1) is 10.4. The molecule has 6 nitrogen and oxygen atoms in total. The molecule has 0 saturated heterocycles. The fourth-order valence-corrected chi connectivity index (χ4v) is 1.81. The van der Waals surface area contributed by atoms with Gasteiger partial charge in [0, 0.05) is 6.08 Å². The topological polar surface area (TPSA) is 84.5 Å². The van der Waals surface area contributed by atoms with Gasteiger partial charge in [-0.3, -0.25) is 9.36 Å². The Hall–Kier alpha value is -2.76. The summed E-state index contributed by atoms with van der Waals surface area (Å²) < 4.78 is 1.64. The average Bonchev–Trinajstić information content (AvgIpc) is 2.93. The number of fused-ring (bicyclic) bond motifs is 1. The van der Waals surface area contributed by atoms with Crippen LogP contribution in [0.15, 0.2) is 35.6 Å². The molecule has 1 N–H and O–H groups in total. The highest BCUT2D eigenvalue weighted by molar-refractivity contribution is 6.20. The number of aromatic carboxylic acids is 1. The highest BCUT2D eigenvalue weighted by Crippen LogP contribution is 2.19. The van der Waals surface area contributed by atoms with Crippen molar-refractivity contribution in [2.75, 3.05) is 0 Å². The predicted octanol–water partition coefficient (Wildman–Crippen LogP) is 1.19. The monoisotopic (exact) mass is 241 g/mol. The maximum atomic E-state index is 11.1. The Labute approximate surface area is 101 Å². The van der Waals surface area contributed by atoms with Crippen LogP contribution in [0, 0.1) is 0 Å². The molecule has 0 saturated carbocycles. The van der Waals surface area contributed by atoms with Gasteiger partial charge in [0.05, 0.1) is 28.5 Å². The van der Waals surface area contributed by atoms with Gasteiger partial charge in [-0.1, -0.05) is 0 Å². The summed E-state index contributed by atoms with van der Waals surface area (Å²) in [5.74, 6) is -1.34.